The summed E-state index contributed by atoms with van der Waals surface area (Å²) in [7, 11) is 0. The molecule has 56 heavy (non-hydrogen) atoms. The zero-order chi connectivity index (χ0) is 39.2. The Morgan fingerprint density at radius 2 is 1.39 bits per heavy atom. The summed E-state index contributed by atoms with van der Waals surface area (Å²) in [6.45, 7) is 9.51. The molecule has 2 aromatic carbocycles. The molecule has 0 bridgehead atoms. The molecule has 0 radical (unpaired) electrons. The highest BCUT2D eigenvalue weighted by Crippen LogP contribution is 2.28. The van der Waals surface area contributed by atoms with Crippen molar-refractivity contribution < 1.29 is 14.4 Å². The number of benzene rings is 2. The van der Waals surface area contributed by atoms with E-state index in [0.717, 1.165) is 95.7 Å². The Morgan fingerprint density at radius 1 is 0.750 bits per heavy atom. The molecule has 290 valence electrons. The summed E-state index contributed by atoms with van der Waals surface area (Å²) in [5.41, 5.74) is 8.61. The molecule has 0 unspecified atom stereocenters. The lowest BCUT2D eigenvalue weighted by Crippen LogP contribution is -2.26. The van der Waals surface area contributed by atoms with E-state index < -0.39 is 0 Å². The molecule has 0 atom stereocenters. The van der Waals surface area contributed by atoms with Gasteiger partial charge in [0.2, 0.25) is 5.91 Å². The Bertz CT molecular complexity index is 2380. The van der Waals surface area contributed by atoms with Gasteiger partial charge in [-0.25, -0.2) is 19.9 Å². The molecular formula is C42H49N11O3. The average molecular weight is 756 g/mol. The van der Waals surface area contributed by atoms with Crippen LogP contribution in [0.5, 0.6) is 0 Å². The fourth-order valence-corrected chi connectivity index (χ4v) is 6.39. The molecule has 14 heteroatoms. The third-order valence-corrected chi connectivity index (χ3v) is 9.78. The monoisotopic (exact) mass is 755 g/mol. The van der Waals surface area contributed by atoms with Gasteiger partial charge >= 0.3 is 0 Å². The minimum Gasteiger partial charge on any atom is -0.367 e. The summed E-state index contributed by atoms with van der Waals surface area (Å²) in [6, 6.07) is 12.4. The molecule has 0 saturated heterocycles. The second kappa shape index (κ2) is 17.0. The summed E-state index contributed by atoms with van der Waals surface area (Å²) in [5.74, 6) is 1.39. The molecule has 4 aromatic heterocycles. The number of unbranched alkanes of at least 4 members (excludes halogenated alkanes) is 1. The number of amides is 3. The van der Waals surface area contributed by atoms with Gasteiger partial charge in [-0.15, -0.1) is 0 Å². The van der Waals surface area contributed by atoms with E-state index in [0.29, 0.717) is 42.2 Å². The highest BCUT2D eigenvalue weighted by Gasteiger charge is 2.25. The number of hydrogen-bond donors (Lipinski definition) is 5. The van der Waals surface area contributed by atoms with Crippen LogP contribution < -0.4 is 26.6 Å². The largest absolute Gasteiger partial charge is 0.367 e. The Labute approximate surface area is 326 Å². The Balaban J connectivity index is 0.000000172. The Hall–Kier alpha value is -6.31. The van der Waals surface area contributed by atoms with Crippen molar-refractivity contribution in [3.8, 4) is 22.5 Å². The van der Waals surface area contributed by atoms with E-state index in [1.54, 1.807) is 18.6 Å². The minimum atomic E-state index is -0.0642. The maximum Gasteiger partial charge on any atom is 0.251 e. The van der Waals surface area contributed by atoms with E-state index in [-0.39, 0.29) is 17.7 Å². The van der Waals surface area contributed by atoms with Gasteiger partial charge in [0.1, 0.15) is 0 Å². The molecular weight excluding hydrogens is 707 g/mol. The molecule has 4 heterocycles. The van der Waals surface area contributed by atoms with Gasteiger partial charge in [-0.3, -0.25) is 18.8 Å². The first-order valence-corrected chi connectivity index (χ1v) is 19.4. The van der Waals surface area contributed by atoms with Gasteiger partial charge in [0.05, 0.1) is 17.6 Å². The fraction of sp³-hybridized carbons (Fsp3) is 0.357. The lowest BCUT2D eigenvalue weighted by Gasteiger charge is -2.12. The van der Waals surface area contributed by atoms with E-state index in [2.05, 4.69) is 48.5 Å². The van der Waals surface area contributed by atoms with E-state index in [1.807, 2.05) is 77.6 Å². The van der Waals surface area contributed by atoms with Crippen molar-refractivity contribution in [2.24, 2.45) is 0 Å². The van der Waals surface area contributed by atoms with Crippen LogP contribution in [0.4, 0.5) is 11.6 Å². The van der Waals surface area contributed by atoms with Crippen molar-refractivity contribution in [1.82, 2.24) is 44.7 Å². The number of aromatic nitrogens is 6. The van der Waals surface area contributed by atoms with Crippen LogP contribution in [0, 0.1) is 13.8 Å². The molecule has 6 aromatic rings. The lowest BCUT2D eigenvalue weighted by molar-refractivity contribution is -0.118. The number of fused-ring (bicyclic) bond motifs is 2. The number of carbonyl (C=O) groups excluding carboxylic acids is 3. The van der Waals surface area contributed by atoms with Gasteiger partial charge in [-0.1, -0.05) is 25.5 Å². The standard InChI is InChI=1S/C21H24N6O2.C21H25N5O/c1-13-11-15(3-6-17(13)21(29)26-16-4-5-16)18-12-25-20-19(24-9-10-27(18)20)23-8-7-22-14(2)28;1-3-4-9-22-19-20-23-10-11-26(20)13-18(25-19)15-5-8-17(14(2)12-15)21(27)24-16-6-7-16/h3,6,9-12,16H,4-5,7-8H2,1-2H3,(H,22,28)(H,23,24)(H,26,29);5,8,10-13,16H,3-4,6-7,9H2,1-2H3,(H,22,25)(H,24,27). The van der Waals surface area contributed by atoms with Crippen molar-refractivity contribution in [3.63, 3.8) is 0 Å². The van der Waals surface area contributed by atoms with Crippen LogP contribution in [0.25, 0.3) is 33.8 Å². The van der Waals surface area contributed by atoms with Crippen LogP contribution in [0.3, 0.4) is 0 Å². The van der Waals surface area contributed by atoms with Crippen molar-refractivity contribution in [2.75, 3.05) is 30.3 Å². The molecule has 2 saturated carbocycles. The molecule has 0 spiro atoms. The second-order valence-electron chi connectivity index (χ2n) is 14.5. The SMILES string of the molecule is CC(=O)NCCNc1nccn2c(-c3ccc(C(=O)NC4CC4)c(C)c3)cnc12.CCCCNc1nc(-c2ccc(C(=O)NC3CC3)c(C)c2)cn2ccnc12. The summed E-state index contributed by atoms with van der Waals surface area (Å²) in [6.07, 6.45) is 17.6. The highest BCUT2D eigenvalue weighted by molar-refractivity contribution is 5.97. The number of nitrogens with one attached hydrogen (secondary N) is 5. The molecule has 14 nitrogen and oxygen atoms in total. The first kappa shape index (κ1) is 38.0. The first-order valence-electron chi connectivity index (χ1n) is 19.4. The van der Waals surface area contributed by atoms with Gasteiger partial charge in [0.25, 0.3) is 11.8 Å². The van der Waals surface area contributed by atoms with E-state index in [4.69, 9.17) is 4.98 Å². The molecule has 2 aliphatic carbocycles. The number of carbonyl (C=O) groups is 3. The molecule has 3 amide bonds. The number of imidazole rings is 2. The van der Waals surface area contributed by atoms with Gasteiger partial charge in [-0.2, -0.15) is 0 Å². The second-order valence-corrected chi connectivity index (χ2v) is 14.5. The summed E-state index contributed by atoms with van der Waals surface area (Å²) in [4.78, 5) is 53.8. The van der Waals surface area contributed by atoms with Crippen LogP contribution in [0.15, 0.2) is 73.6 Å². The van der Waals surface area contributed by atoms with E-state index >= 15 is 0 Å². The zero-order valence-electron chi connectivity index (χ0n) is 32.4. The third kappa shape index (κ3) is 9.13. The van der Waals surface area contributed by atoms with Crippen LogP contribution in [0.1, 0.15) is 84.2 Å². The van der Waals surface area contributed by atoms with Crippen LogP contribution in [-0.4, -0.2) is 78.2 Å². The van der Waals surface area contributed by atoms with Crippen molar-refractivity contribution in [3.05, 3.63) is 95.8 Å². The predicted molar refractivity (Wildman–Crippen MR) is 218 cm³/mol. The maximum atomic E-state index is 12.4. The molecule has 5 N–H and O–H groups in total. The van der Waals surface area contributed by atoms with Crippen LogP contribution in [0.2, 0.25) is 0 Å². The molecule has 8 rings (SSSR count). The maximum absolute atomic E-state index is 12.4. The topological polar surface area (TPSA) is 172 Å². The average Bonchev–Trinajstić information content (AvgIpc) is 4.09. The van der Waals surface area contributed by atoms with E-state index in [1.165, 1.54) is 6.92 Å². The lowest BCUT2D eigenvalue weighted by atomic mass is 10.0. The molecule has 2 fully saturated rings. The van der Waals surface area contributed by atoms with Crippen molar-refractivity contribution in [2.45, 2.75) is 78.3 Å². The van der Waals surface area contributed by atoms with Gasteiger partial charge in [0.15, 0.2) is 22.9 Å². The van der Waals surface area contributed by atoms with Crippen LogP contribution in [-0.2, 0) is 4.79 Å². The van der Waals surface area contributed by atoms with E-state index in [9.17, 15) is 14.4 Å². The van der Waals surface area contributed by atoms with Gasteiger partial charge < -0.3 is 31.0 Å². The van der Waals surface area contributed by atoms with Gasteiger partial charge in [0, 0.05) is 91.9 Å². The van der Waals surface area contributed by atoms with Crippen LogP contribution >= 0.6 is 0 Å². The van der Waals surface area contributed by atoms with Crippen molar-refractivity contribution >= 4 is 40.7 Å². The first-order chi connectivity index (χ1) is 27.2. The molecule has 0 aliphatic heterocycles. The Kier molecular flexibility index (Phi) is 11.5. The number of rotatable bonds is 14. The fourth-order valence-electron chi connectivity index (χ4n) is 6.39. The number of hydrogen-bond acceptors (Lipinski definition) is 9. The minimum absolute atomic E-state index is 0.00968. The number of aryl methyl sites for hydroxylation is 2. The number of nitrogens with zero attached hydrogens (tertiary/aromatic N) is 6. The highest BCUT2D eigenvalue weighted by atomic mass is 16.2. The van der Waals surface area contributed by atoms with Crippen molar-refractivity contribution in [1.29, 1.82) is 0 Å². The predicted octanol–water partition coefficient (Wildman–Crippen LogP) is 5.95. The smallest absolute Gasteiger partial charge is 0.251 e. The normalized spacial score (nSPS) is 13.5. The third-order valence-electron chi connectivity index (χ3n) is 9.78. The number of anilines is 2. The molecule has 2 aliphatic rings. The summed E-state index contributed by atoms with van der Waals surface area (Å²) < 4.78 is 3.95. The van der Waals surface area contributed by atoms with Gasteiger partial charge in [-0.05, 0) is 81.3 Å². The Morgan fingerprint density at radius 3 is 2.04 bits per heavy atom. The quantitative estimate of drug-likeness (QED) is 0.0843. The summed E-state index contributed by atoms with van der Waals surface area (Å²) >= 11 is 0. The summed E-state index contributed by atoms with van der Waals surface area (Å²) in [5, 5.41) is 15.4. The zero-order valence-corrected chi connectivity index (χ0v) is 32.4.